The zero-order valence-corrected chi connectivity index (χ0v) is 7.12. The maximum absolute atomic E-state index is 10.5. The monoisotopic (exact) mass is 169 g/mol. The molecule has 2 fully saturated rings. The zero-order chi connectivity index (χ0) is 8.55. The highest BCUT2D eigenvalue weighted by atomic mass is 16.4. The van der Waals surface area contributed by atoms with Gasteiger partial charge in [-0.1, -0.05) is 0 Å². The molecule has 0 radical (unpaired) electrons. The van der Waals surface area contributed by atoms with E-state index in [-0.39, 0.29) is 0 Å². The topological polar surface area (TPSA) is 49.3 Å². The van der Waals surface area contributed by atoms with Gasteiger partial charge in [0.2, 0.25) is 0 Å². The van der Waals surface area contributed by atoms with Crippen molar-refractivity contribution in [3.8, 4) is 0 Å². The van der Waals surface area contributed by atoms with Gasteiger partial charge >= 0.3 is 5.97 Å². The van der Waals surface area contributed by atoms with Gasteiger partial charge in [0, 0.05) is 18.5 Å². The second kappa shape index (κ2) is 3.05. The first-order valence-corrected chi connectivity index (χ1v) is 4.72. The highest BCUT2D eigenvalue weighted by Crippen LogP contribution is 2.32. The number of piperidine rings is 1. The lowest BCUT2D eigenvalue weighted by molar-refractivity contribution is -0.138. The van der Waals surface area contributed by atoms with Crippen molar-refractivity contribution >= 4 is 5.97 Å². The largest absolute Gasteiger partial charge is 0.481 e. The minimum atomic E-state index is -0.638. The van der Waals surface area contributed by atoms with Gasteiger partial charge in [0.15, 0.2) is 0 Å². The van der Waals surface area contributed by atoms with Gasteiger partial charge in [-0.05, 0) is 31.6 Å². The third-order valence-corrected chi connectivity index (χ3v) is 3.03. The van der Waals surface area contributed by atoms with E-state index in [9.17, 15) is 4.79 Å². The summed E-state index contributed by atoms with van der Waals surface area (Å²) in [5.41, 5.74) is 0. The molecule has 0 amide bonds. The van der Waals surface area contributed by atoms with Gasteiger partial charge in [-0.25, -0.2) is 0 Å². The first-order chi connectivity index (χ1) is 5.74. The third kappa shape index (κ3) is 1.61. The fourth-order valence-corrected chi connectivity index (χ4v) is 2.59. The Kier molecular flexibility index (Phi) is 2.05. The molecule has 2 N–H and O–H groups in total. The van der Waals surface area contributed by atoms with Crippen molar-refractivity contribution in [2.75, 3.05) is 0 Å². The highest BCUT2D eigenvalue weighted by Gasteiger charge is 2.33. The van der Waals surface area contributed by atoms with E-state index in [1.54, 1.807) is 0 Å². The van der Waals surface area contributed by atoms with Crippen LogP contribution in [0.25, 0.3) is 0 Å². The average molecular weight is 169 g/mol. The molecule has 0 aromatic carbocycles. The van der Waals surface area contributed by atoms with Crippen molar-refractivity contribution in [2.24, 2.45) is 5.92 Å². The summed E-state index contributed by atoms with van der Waals surface area (Å²) in [6.07, 6.45) is 5.02. The normalized spacial score (nSPS) is 39.8. The molecule has 0 aromatic heterocycles. The van der Waals surface area contributed by atoms with Crippen LogP contribution >= 0.6 is 0 Å². The predicted molar refractivity (Wildman–Crippen MR) is 44.9 cm³/mol. The molecule has 2 aliphatic rings. The summed E-state index contributed by atoms with van der Waals surface area (Å²) in [6, 6.07) is 1.24. The SMILES string of the molecule is O=C(O)CC1C[C@H]2CC[C@@H](C1)N2. The smallest absolute Gasteiger partial charge is 0.303 e. The molecule has 68 valence electrons. The zero-order valence-electron chi connectivity index (χ0n) is 7.12. The fraction of sp³-hybridized carbons (Fsp3) is 0.889. The minimum Gasteiger partial charge on any atom is -0.481 e. The van der Waals surface area contributed by atoms with E-state index in [1.165, 1.54) is 12.8 Å². The van der Waals surface area contributed by atoms with Crippen LogP contribution in [-0.2, 0) is 4.79 Å². The summed E-state index contributed by atoms with van der Waals surface area (Å²) >= 11 is 0. The number of carboxylic acids is 1. The van der Waals surface area contributed by atoms with Gasteiger partial charge in [-0.15, -0.1) is 0 Å². The van der Waals surface area contributed by atoms with E-state index < -0.39 is 5.97 Å². The second-order valence-electron chi connectivity index (χ2n) is 4.07. The number of carbonyl (C=O) groups is 1. The Balaban J connectivity index is 1.89. The van der Waals surface area contributed by atoms with Crippen molar-refractivity contribution in [1.82, 2.24) is 5.32 Å². The molecule has 3 nitrogen and oxygen atoms in total. The van der Waals surface area contributed by atoms with E-state index in [0.717, 1.165) is 12.8 Å². The van der Waals surface area contributed by atoms with Crippen molar-refractivity contribution in [3.63, 3.8) is 0 Å². The molecular formula is C9H15NO2. The van der Waals surface area contributed by atoms with Crippen molar-refractivity contribution < 1.29 is 9.90 Å². The van der Waals surface area contributed by atoms with Crippen LogP contribution in [0.2, 0.25) is 0 Å². The van der Waals surface area contributed by atoms with Crippen LogP contribution in [0.15, 0.2) is 0 Å². The Labute approximate surface area is 72.2 Å². The molecule has 2 aliphatic heterocycles. The lowest BCUT2D eigenvalue weighted by Gasteiger charge is -2.27. The molecule has 2 bridgehead atoms. The lowest BCUT2D eigenvalue weighted by Crippen LogP contribution is -2.38. The van der Waals surface area contributed by atoms with Gasteiger partial charge in [-0.2, -0.15) is 0 Å². The number of hydrogen-bond donors (Lipinski definition) is 2. The molecule has 0 saturated carbocycles. The fourth-order valence-electron chi connectivity index (χ4n) is 2.59. The summed E-state index contributed by atoms with van der Waals surface area (Å²) in [7, 11) is 0. The lowest BCUT2D eigenvalue weighted by atomic mass is 9.90. The maximum Gasteiger partial charge on any atom is 0.303 e. The van der Waals surface area contributed by atoms with Crippen LogP contribution in [0.1, 0.15) is 32.1 Å². The van der Waals surface area contributed by atoms with E-state index in [0.29, 0.717) is 24.4 Å². The van der Waals surface area contributed by atoms with Crippen LogP contribution in [0.3, 0.4) is 0 Å². The van der Waals surface area contributed by atoms with Crippen LogP contribution in [0.4, 0.5) is 0 Å². The number of rotatable bonds is 2. The standard InChI is InChI=1S/C9H15NO2/c11-9(12)5-6-3-7-1-2-8(4-6)10-7/h6-8,10H,1-5H2,(H,11,12)/t6?,7-,8+. The molecule has 0 aromatic rings. The third-order valence-electron chi connectivity index (χ3n) is 3.03. The summed E-state index contributed by atoms with van der Waals surface area (Å²) in [5.74, 6) is -0.206. The molecule has 12 heavy (non-hydrogen) atoms. The van der Waals surface area contributed by atoms with Gasteiger partial charge in [0.05, 0.1) is 0 Å². The average Bonchev–Trinajstić information content (AvgIpc) is 2.29. The first-order valence-electron chi connectivity index (χ1n) is 4.72. The molecule has 1 unspecified atom stereocenters. The Bertz CT molecular complexity index is 181. The quantitative estimate of drug-likeness (QED) is 0.648. The number of aliphatic carboxylic acids is 1. The highest BCUT2D eigenvalue weighted by molar-refractivity contribution is 5.67. The number of carboxylic acid groups (broad SMARTS) is 1. The Morgan fingerprint density at radius 1 is 1.33 bits per heavy atom. The predicted octanol–water partition coefficient (Wildman–Crippen LogP) is 0.992. The van der Waals surface area contributed by atoms with Crippen LogP contribution in [0, 0.1) is 5.92 Å². The van der Waals surface area contributed by atoms with E-state index in [2.05, 4.69) is 5.32 Å². The maximum atomic E-state index is 10.5. The van der Waals surface area contributed by atoms with E-state index in [1.807, 2.05) is 0 Å². The molecule has 0 spiro atoms. The molecular weight excluding hydrogens is 154 g/mol. The summed E-state index contributed by atoms with van der Waals surface area (Å²) in [6.45, 7) is 0. The Morgan fingerprint density at radius 3 is 2.42 bits per heavy atom. The second-order valence-corrected chi connectivity index (χ2v) is 4.07. The Hall–Kier alpha value is -0.570. The van der Waals surface area contributed by atoms with Gasteiger partial charge in [0.1, 0.15) is 0 Å². The summed E-state index contributed by atoms with van der Waals surface area (Å²) in [5, 5.41) is 12.1. The molecule has 2 rings (SSSR count). The molecule has 3 atom stereocenters. The number of hydrogen-bond acceptors (Lipinski definition) is 2. The van der Waals surface area contributed by atoms with Crippen LogP contribution in [-0.4, -0.2) is 23.2 Å². The van der Waals surface area contributed by atoms with Crippen LogP contribution in [0.5, 0.6) is 0 Å². The Morgan fingerprint density at radius 2 is 1.92 bits per heavy atom. The van der Waals surface area contributed by atoms with E-state index >= 15 is 0 Å². The first kappa shape index (κ1) is 8.05. The molecule has 3 heteroatoms. The van der Waals surface area contributed by atoms with Crippen LogP contribution < -0.4 is 5.32 Å². The van der Waals surface area contributed by atoms with Crippen molar-refractivity contribution in [1.29, 1.82) is 0 Å². The summed E-state index contributed by atoms with van der Waals surface area (Å²) in [4.78, 5) is 10.5. The van der Waals surface area contributed by atoms with Gasteiger partial charge in [-0.3, -0.25) is 4.79 Å². The molecule has 2 heterocycles. The molecule has 2 saturated heterocycles. The number of nitrogens with one attached hydrogen (secondary N) is 1. The number of fused-ring (bicyclic) bond motifs is 2. The minimum absolute atomic E-state index is 0.370. The van der Waals surface area contributed by atoms with E-state index in [4.69, 9.17) is 5.11 Å². The molecule has 0 aliphatic carbocycles. The summed E-state index contributed by atoms with van der Waals surface area (Å²) < 4.78 is 0. The van der Waals surface area contributed by atoms with Crippen molar-refractivity contribution in [3.05, 3.63) is 0 Å². The van der Waals surface area contributed by atoms with Crippen molar-refractivity contribution in [2.45, 2.75) is 44.2 Å². The van der Waals surface area contributed by atoms with Gasteiger partial charge in [0.25, 0.3) is 0 Å². The van der Waals surface area contributed by atoms with Gasteiger partial charge < -0.3 is 10.4 Å².